The van der Waals surface area contributed by atoms with Gasteiger partial charge in [0.2, 0.25) is 0 Å². The quantitative estimate of drug-likeness (QED) is 0.228. The van der Waals surface area contributed by atoms with E-state index in [9.17, 15) is 0 Å². The lowest BCUT2D eigenvalue weighted by atomic mass is 9.96. The molecule has 0 saturated heterocycles. The first kappa shape index (κ1) is 24.3. The van der Waals surface area contributed by atoms with Gasteiger partial charge in [-0.2, -0.15) is 5.26 Å². The highest BCUT2D eigenvalue weighted by atomic mass is 35.5. The summed E-state index contributed by atoms with van der Waals surface area (Å²) in [7, 11) is 0. The Morgan fingerprint density at radius 3 is 1.85 bits per heavy atom. The van der Waals surface area contributed by atoms with E-state index in [1.807, 2.05) is 103 Å². The van der Waals surface area contributed by atoms with Crippen molar-refractivity contribution < 1.29 is 0 Å². The van der Waals surface area contributed by atoms with Gasteiger partial charge in [-0.3, -0.25) is 0 Å². The van der Waals surface area contributed by atoms with Gasteiger partial charge in [0.1, 0.15) is 0 Å². The van der Waals surface area contributed by atoms with Crippen LogP contribution < -0.4 is 0 Å². The van der Waals surface area contributed by atoms with Crippen molar-refractivity contribution in [1.82, 2.24) is 9.97 Å². The van der Waals surface area contributed by atoms with Crippen molar-refractivity contribution in [3.05, 3.63) is 144 Å². The van der Waals surface area contributed by atoms with Gasteiger partial charge < -0.3 is 0 Å². The van der Waals surface area contributed by atoms with Gasteiger partial charge in [0.05, 0.1) is 23.0 Å². The molecular weight excluding hydrogens is 498 g/mol. The minimum Gasteiger partial charge on any atom is -0.228 e. The number of hydrogen-bond acceptors (Lipinski definition) is 3. The van der Waals surface area contributed by atoms with Gasteiger partial charge in [0, 0.05) is 27.3 Å². The van der Waals surface area contributed by atoms with E-state index in [4.69, 9.17) is 26.8 Å². The van der Waals surface area contributed by atoms with Crippen molar-refractivity contribution in [3.8, 4) is 62.2 Å². The fourth-order valence-electron chi connectivity index (χ4n) is 4.67. The molecule has 0 aliphatic rings. The first-order chi connectivity index (χ1) is 19.2. The molecule has 6 aromatic rings. The van der Waals surface area contributed by atoms with Gasteiger partial charge in [-0.1, -0.05) is 115 Å². The van der Waals surface area contributed by atoms with Crippen molar-refractivity contribution in [2.24, 2.45) is 0 Å². The lowest BCUT2D eigenvalue weighted by Gasteiger charge is -2.14. The van der Waals surface area contributed by atoms with Crippen LogP contribution >= 0.6 is 11.6 Å². The minimum absolute atomic E-state index is 0.639. The molecule has 0 fully saturated rings. The van der Waals surface area contributed by atoms with Crippen LogP contribution in [0.2, 0.25) is 5.02 Å². The standard InChI is InChI=1S/C35H22ClN3/c36-32-16-7-6-14-30(32)29-13-4-5-15-31(29)34-22-33(38-35(39-34)26-9-2-1-3-10-26)28-12-8-11-27(21-28)25-19-17-24(23-37)18-20-25/h1-22H. The lowest BCUT2D eigenvalue weighted by Crippen LogP contribution is -1.97. The van der Waals surface area contributed by atoms with E-state index in [1.165, 1.54) is 0 Å². The number of nitrogens with zero attached hydrogens (tertiary/aromatic N) is 3. The van der Waals surface area contributed by atoms with Gasteiger partial charge in [-0.25, -0.2) is 9.97 Å². The summed E-state index contributed by atoms with van der Waals surface area (Å²) < 4.78 is 0. The van der Waals surface area contributed by atoms with Crippen LogP contribution in [0, 0.1) is 11.3 Å². The van der Waals surface area contributed by atoms with Gasteiger partial charge in [0.15, 0.2) is 5.82 Å². The van der Waals surface area contributed by atoms with E-state index in [0.29, 0.717) is 16.4 Å². The van der Waals surface area contributed by atoms with Gasteiger partial charge in [-0.15, -0.1) is 0 Å². The average Bonchev–Trinajstić information content (AvgIpc) is 3.02. The smallest absolute Gasteiger partial charge is 0.160 e. The molecular formula is C35H22ClN3. The summed E-state index contributed by atoms with van der Waals surface area (Å²) in [6, 6.07) is 46.2. The van der Waals surface area contributed by atoms with E-state index in [0.717, 1.165) is 50.3 Å². The molecule has 0 atom stereocenters. The molecule has 0 aliphatic heterocycles. The van der Waals surface area contributed by atoms with E-state index < -0.39 is 0 Å². The molecule has 1 aromatic heterocycles. The Balaban J connectivity index is 1.53. The molecule has 4 heteroatoms. The van der Waals surface area contributed by atoms with Gasteiger partial charge in [0.25, 0.3) is 0 Å². The third kappa shape index (κ3) is 5.07. The molecule has 3 nitrogen and oxygen atoms in total. The highest BCUT2D eigenvalue weighted by Crippen LogP contribution is 2.37. The topological polar surface area (TPSA) is 49.6 Å². The van der Waals surface area contributed by atoms with E-state index in [2.05, 4.69) is 36.4 Å². The highest BCUT2D eigenvalue weighted by molar-refractivity contribution is 6.33. The minimum atomic E-state index is 0.639. The summed E-state index contributed by atoms with van der Waals surface area (Å²) in [5, 5.41) is 9.86. The van der Waals surface area contributed by atoms with Gasteiger partial charge >= 0.3 is 0 Å². The molecule has 0 aliphatic carbocycles. The zero-order valence-corrected chi connectivity index (χ0v) is 21.7. The first-order valence-corrected chi connectivity index (χ1v) is 13.0. The largest absolute Gasteiger partial charge is 0.228 e. The van der Waals surface area contributed by atoms with Crippen LogP contribution in [0.5, 0.6) is 0 Å². The molecule has 0 bridgehead atoms. The number of benzene rings is 5. The number of rotatable bonds is 5. The number of hydrogen-bond donors (Lipinski definition) is 0. The third-order valence-electron chi connectivity index (χ3n) is 6.63. The lowest BCUT2D eigenvalue weighted by molar-refractivity contribution is 1.18. The van der Waals surface area contributed by atoms with E-state index in [-0.39, 0.29) is 0 Å². The Morgan fingerprint density at radius 2 is 1.10 bits per heavy atom. The Morgan fingerprint density at radius 1 is 0.487 bits per heavy atom. The summed E-state index contributed by atoms with van der Waals surface area (Å²) in [6.45, 7) is 0. The fourth-order valence-corrected chi connectivity index (χ4v) is 4.90. The second kappa shape index (κ2) is 10.8. The fraction of sp³-hybridized carbons (Fsp3) is 0. The zero-order valence-electron chi connectivity index (χ0n) is 20.9. The predicted octanol–water partition coefficient (Wildman–Crippen LogP) is 9.34. The molecule has 5 aromatic carbocycles. The summed E-state index contributed by atoms with van der Waals surface area (Å²) in [6.07, 6.45) is 0. The second-order valence-electron chi connectivity index (χ2n) is 9.12. The van der Waals surface area contributed by atoms with Crippen LogP contribution in [0.25, 0.3) is 56.2 Å². The summed E-state index contributed by atoms with van der Waals surface area (Å²) in [5.74, 6) is 0.654. The Hall–Kier alpha value is -5.04. The van der Waals surface area contributed by atoms with Crippen LogP contribution in [0.1, 0.15) is 5.56 Å². The van der Waals surface area contributed by atoms with Crippen molar-refractivity contribution in [3.63, 3.8) is 0 Å². The average molecular weight is 520 g/mol. The molecule has 1 heterocycles. The molecule has 0 saturated carbocycles. The number of halogens is 1. The van der Waals surface area contributed by atoms with Crippen LogP contribution in [0.3, 0.4) is 0 Å². The number of nitriles is 1. The molecule has 0 N–H and O–H groups in total. The Kier molecular flexibility index (Phi) is 6.70. The van der Waals surface area contributed by atoms with Crippen LogP contribution in [-0.4, -0.2) is 9.97 Å². The summed E-state index contributed by atoms with van der Waals surface area (Å²) in [4.78, 5) is 10.0. The molecule has 0 spiro atoms. The summed E-state index contributed by atoms with van der Waals surface area (Å²) >= 11 is 6.62. The molecule has 184 valence electrons. The number of aromatic nitrogens is 2. The molecule has 6 rings (SSSR count). The maximum atomic E-state index is 9.17. The predicted molar refractivity (Wildman–Crippen MR) is 159 cm³/mol. The second-order valence-corrected chi connectivity index (χ2v) is 9.53. The summed E-state index contributed by atoms with van der Waals surface area (Å²) in [5.41, 5.74) is 9.24. The van der Waals surface area contributed by atoms with Crippen molar-refractivity contribution in [1.29, 1.82) is 5.26 Å². The highest BCUT2D eigenvalue weighted by Gasteiger charge is 2.15. The normalized spacial score (nSPS) is 10.7. The molecule has 0 unspecified atom stereocenters. The zero-order chi connectivity index (χ0) is 26.6. The Labute approximate surface area is 232 Å². The molecule has 0 amide bonds. The van der Waals surface area contributed by atoms with Crippen LogP contribution in [-0.2, 0) is 0 Å². The maximum Gasteiger partial charge on any atom is 0.160 e. The maximum absolute atomic E-state index is 9.17. The van der Waals surface area contributed by atoms with Crippen molar-refractivity contribution in [2.45, 2.75) is 0 Å². The molecule has 39 heavy (non-hydrogen) atoms. The van der Waals surface area contributed by atoms with Crippen LogP contribution in [0.15, 0.2) is 133 Å². The SMILES string of the molecule is N#Cc1ccc(-c2cccc(-c3cc(-c4ccccc4-c4ccccc4Cl)nc(-c4ccccc4)n3)c2)cc1. The third-order valence-corrected chi connectivity index (χ3v) is 6.96. The van der Waals surface area contributed by atoms with Gasteiger partial charge in [-0.05, 0) is 47.0 Å². The van der Waals surface area contributed by atoms with Crippen molar-refractivity contribution >= 4 is 11.6 Å². The van der Waals surface area contributed by atoms with Crippen LogP contribution in [0.4, 0.5) is 0 Å². The van der Waals surface area contributed by atoms with E-state index in [1.54, 1.807) is 0 Å². The Bertz CT molecular complexity index is 1820. The monoisotopic (exact) mass is 519 g/mol. The molecule has 0 radical (unpaired) electrons. The van der Waals surface area contributed by atoms with E-state index >= 15 is 0 Å². The van der Waals surface area contributed by atoms with Crippen molar-refractivity contribution in [2.75, 3.05) is 0 Å². The first-order valence-electron chi connectivity index (χ1n) is 12.6.